The molecule has 0 rings (SSSR count). The molecule has 0 spiro atoms. The third kappa shape index (κ3) is 3.32. The fourth-order valence-electron chi connectivity index (χ4n) is 0. The number of halogens is 2. The zero-order chi connectivity index (χ0) is 6.08. The van der Waals surface area contributed by atoms with E-state index in [0.717, 1.165) is 4.11 Å². The van der Waals surface area contributed by atoms with E-state index in [1.54, 1.807) is 0 Å². The summed E-state index contributed by atoms with van der Waals surface area (Å²) in [4.78, 5) is 0. The molecule has 0 fully saturated rings. The molecule has 0 saturated heterocycles. The first-order valence-electron chi connectivity index (χ1n) is 1.98. The minimum absolute atomic E-state index is 0.960. The van der Waals surface area contributed by atoms with Crippen LogP contribution in [0.3, 0.4) is 0 Å². The molecular formula is C4H8BrClSi. The number of rotatable bonds is 1. The molecule has 0 unspecified atom stereocenters. The summed E-state index contributed by atoms with van der Waals surface area (Å²) >= 11 is 9.09. The predicted molar refractivity (Wildman–Crippen MR) is 41.4 cm³/mol. The van der Waals surface area contributed by atoms with E-state index in [0.29, 0.717) is 0 Å². The molecule has 0 aliphatic carbocycles. The second kappa shape index (κ2) is 2.33. The van der Waals surface area contributed by atoms with Crippen LogP contribution in [-0.4, -0.2) is 7.38 Å². The van der Waals surface area contributed by atoms with Crippen molar-refractivity contribution >= 4 is 34.4 Å². The van der Waals surface area contributed by atoms with Crippen molar-refractivity contribution in [2.45, 2.75) is 13.1 Å². The molecular weight excluding hydrogens is 191 g/mol. The van der Waals surface area contributed by atoms with Crippen molar-refractivity contribution in [1.82, 2.24) is 0 Å². The first kappa shape index (κ1) is 7.73. The van der Waals surface area contributed by atoms with Crippen LogP contribution in [0.15, 0.2) is 10.7 Å². The van der Waals surface area contributed by atoms with E-state index in [2.05, 4.69) is 22.5 Å². The Balaban J connectivity index is 3.79. The second-order valence-corrected chi connectivity index (χ2v) is 9.95. The van der Waals surface area contributed by atoms with Gasteiger partial charge in [0.2, 0.25) is 0 Å². The lowest BCUT2D eigenvalue weighted by Crippen LogP contribution is -2.15. The average molecular weight is 200 g/mol. The minimum atomic E-state index is -1.54. The van der Waals surface area contributed by atoms with Gasteiger partial charge in [-0.25, -0.2) is 0 Å². The summed E-state index contributed by atoms with van der Waals surface area (Å²) in [6.45, 7) is 7.71. The lowest BCUT2D eigenvalue weighted by atomic mass is 11.3. The molecule has 0 radical (unpaired) electrons. The van der Waals surface area contributed by atoms with E-state index in [1.165, 1.54) is 0 Å². The minimum Gasteiger partial charge on any atom is -0.161 e. The van der Waals surface area contributed by atoms with Crippen molar-refractivity contribution < 1.29 is 0 Å². The van der Waals surface area contributed by atoms with Crippen LogP contribution in [0, 0.1) is 0 Å². The van der Waals surface area contributed by atoms with E-state index >= 15 is 0 Å². The van der Waals surface area contributed by atoms with Crippen molar-refractivity contribution in [3.63, 3.8) is 0 Å². The lowest BCUT2D eigenvalue weighted by Gasteiger charge is -2.08. The number of hydrogen-bond acceptors (Lipinski definition) is 0. The van der Waals surface area contributed by atoms with Crippen LogP contribution < -0.4 is 0 Å². The molecule has 0 saturated carbocycles. The van der Waals surface area contributed by atoms with Crippen molar-refractivity contribution in [1.29, 1.82) is 0 Å². The average Bonchev–Trinajstić information content (AvgIpc) is 1.31. The van der Waals surface area contributed by atoms with Gasteiger partial charge in [-0.05, 0) is 4.11 Å². The summed E-state index contributed by atoms with van der Waals surface area (Å²) in [5.74, 6) is 0. The monoisotopic (exact) mass is 198 g/mol. The van der Waals surface area contributed by atoms with E-state index in [1.807, 2.05) is 13.1 Å². The first-order valence-corrected chi connectivity index (χ1v) is 6.79. The van der Waals surface area contributed by atoms with Gasteiger partial charge in [0.1, 0.15) is 0 Å². The lowest BCUT2D eigenvalue weighted by molar-refractivity contribution is 1.94. The molecule has 0 heterocycles. The van der Waals surface area contributed by atoms with Crippen LogP contribution in [0.1, 0.15) is 0 Å². The molecule has 0 aliphatic rings. The standard InChI is InChI=1S/C4H8BrClSi/c1-4(5)7(2,3)6/h1H2,2-3H3. The Morgan fingerprint density at radius 1 is 1.71 bits per heavy atom. The van der Waals surface area contributed by atoms with E-state index in [9.17, 15) is 0 Å². The summed E-state index contributed by atoms with van der Waals surface area (Å²) in [7, 11) is -1.54. The topological polar surface area (TPSA) is 0 Å². The third-order valence-corrected chi connectivity index (χ3v) is 6.28. The van der Waals surface area contributed by atoms with E-state index in [4.69, 9.17) is 11.1 Å². The molecule has 0 aliphatic heterocycles. The van der Waals surface area contributed by atoms with Crippen LogP contribution in [0.5, 0.6) is 0 Å². The Labute approximate surface area is 58.4 Å². The van der Waals surface area contributed by atoms with Gasteiger partial charge in [-0.3, -0.25) is 0 Å². The largest absolute Gasteiger partial charge is 0.187 e. The maximum Gasteiger partial charge on any atom is 0.187 e. The summed E-state index contributed by atoms with van der Waals surface area (Å²) < 4.78 is 0.960. The van der Waals surface area contributed by atoms with Gasteiger partial charge in [-0.1, -0.05) is 35.6 Å². The summed E-state index contributed by atoms with van der Waals surface area (Å²) in [5.41, 5.74) is 0. The molecule has 0 amide bonds. The van der Waals surface area contributed by atoms with Crippen molar-refractivity contribution in [3.8, 4) is 0 Å². The highest BCUT2D eigenvalue weighted by Crippen LogP contribution is 2.21. The van der Waals surface area contributed by atoms with Gasteiger partial charge < -0.3 is 0 Å². The SMILES string of the molecule is C=C(Br)[Si](C)(C)Cl. The van der Waals surface area contributed by atoms with Gasteiger partial charge >= 0.3 is 0 Å². The zero-order valence-electron chi connectivity index (χ0n) is 4.46. The van der Waals surface area contributed by atoms with Crippen LogP contribution in [0.25, 0.3) is 0 Å². The highest BCUT2D eigenvalue weighted by Gasteiger charge is 2.18. The Hall–Kier alpha value is 0.727. The normalized spacial score (nSPS) is 11.4. The predicted octanol–water partition coefficient (Wildman–Crippen LogP) is 2.88. The fourth-order valence-corrected chi connectivity index (χ4v) is 0. The van der Waals surface area contributed by atoms with Crippen LogP contribution in [-0.2, 0) is 0 Å². The molecule has 3 heteroatoms. The highest BCUT2D eigenvalue weighted by atomic mass is 79.9. The van der Waals surface area contributed by atoms with Crippen LogP contribution in [0.4, 0.5) is 0 Å². The van der Waals surface area contributed by atoms with Crippen molar-refractivity contribution in [2.75, 3.05) is 0 Å². The fraction of sp³-hybridized carbons (Fsp3) is 0.500. The highest BCUT2D eigenvalue weighted by molar-refractivity contribution is 9.12. The molecule has 0 N–H and O–H groups in total. The van der Waals surface area contributed by atoms with Gasteiger partial charge in [-0.2, -0.15) is 11.1 Å². The Kier molecular flexibility index (Phi) is 2.57. The maximum absolute atomic E-state index is 5.86. The zero-order valence-corrected chi connectivity index (χ0v) is 7.80. The summed E-state index contributed by atoms with van der Waals surface area (Å²) in [5, 5.41) is 0. The smallest absolute Gasteiger partial charge is 0.161 e. The molecule has 0 aromatic heterocycles. The van der Waals surface area contributed by atoms with Crippen molar-refractivity contribution in [3.05, 3.63) is 10.7 Å². The summed E-state index contributed by atoms with van der Waals surface area (Å²) in [6.07, 6.45) is 0. The Morgan fingerprint density at radius 2 is 1.86 bits per heavy atom. The maximum atomic E-state index is 5.86. The van der Waals surface area contributed by atoms with Crippen LogP contribution in [0.2, 0.25) is 13.1 Å². The van der Waals surface area contributed by atoms with Gasteiger partial charge in [0.15, 0.2) is 7.38 Å². The molecule has 0 atom stereocenters. The number of hydrogen-bond donors (Lipinski definition) is 0. The second-order valence-electron chi connectivity index (χ2n) is 1.88. The van der Waals surface area contributed by atoms with Crippen LogP contribution >= 0.6 is 27.0 Å². The van der Waals surface area contributed by atoms with Gasteiger partial charge in [-0.15, -0.1) is 0 Å². The molecule has 0 nitrogen and oxygen atoms in total. The molecule has 0 bridgehead atoms. The third-order valence-electron chi connectivity index (χ3n) is 0.645. The van der Waals surface area contributed by atoms with Crippen molar-refractivity contribution in [2.24, 2.45) is 0 Å². The molecule has 0 aromatic rings. The quantitative estimate of drug-likeness (QED) is 0.450. The van der Waals surface area contributed by atoms with E-state index in [-0.39, 0.29) is 0 Å². The molecule has 0 aromatic carbocycles. The summed E-state index contributed by atoms with van der Waals surface area (Å²) in [6, 6.07) is 0. The van der Waals surface area contributed by atoms with Gasteiger partial charge in [0.05, 0.1) is 0 Å². The Morgan fingerprint density at radius 3 is 1.86 bits per heavy atom. The first-order chi connectivity index (χ1) is 2.94. The molecule has 42 valence electrons. The van der Waals surface area contributed by atoms with Gasteiger partial charge in [0.25, 0.3) is 0 Å². The van der Waals surface area contributed by atoms with E-state index < -0.39 is 7.38 Å². The van der Waals surface area contributed by atoms with Gasteiger partial charge in [0, 0.05) is 0 Å². The molecule has 7 heavy (non-hydrogen) atoms. The Bertz CT molecular complexity index is 84.2.